The van der Waals surface area contributed by atoms with Crippen molar-refractivity contribution in [3.63, 3.8) is 0 Å². The lowest BCUT2D eigenvalue weighted by Gasteiger charge is -2.17. The molecule has 0 radical (unpaired) electrons. The average Bonchev–Trinajstić information content (AvgIpc) is 2.36. The lowest BCUT2D eigenvalue weighted by molar-refractivity contribution is -0.115. The van der Waals surface area contributed by atoms with Crippen molar-refractivity contribution in [1.29, 1.82) is 0 Å². The molecule has 0 spiro atoms. The van der Waals surface area contributed by atoms with Gasteiger partial charge in [0.2, 0.25) is 5.91 Å². The number of hydrogen-bond acceptors (Lipinski definition) is 2. The van der Waals surface area contributed by atoms with Crippen LogP contribution in [-0.4, -0.2) is 19.0 Å². The Hall–Kier alpha value is -1.35. The van der Waals surface area contributed by atoms with Gasteiger partial charge in [-0.25, -0.2) is 0 Å². The van der Waals surface area contributed by atoms with Crippen molar-refractivity contribution < 1.29 is 4.79 Å². The van der Waals surface area contributed by atoms with E-state index >= 15 is 0 Å². The van der Waals surface area contributed by atoms with E-state index in [1.807, 2.05) is 13.0 Å². The van der Waals surface area contributed by atoms with Crippen molar-refractivity contribution in [2.45, 2.75) is 46.5 Å². The van der Waals surface area contributed by atoms with Crippen LogP contribution in [0.5, 0.6) is 0 Å². The number of likely N-dealkylation sites (N-methyl/N-ethyl adjacent to an activating group) is 1. The second-order valence-electron chi connectivity index (χ2n) is 5.48. The quantitative estimate of drug-likeness (QED) is 0.824. The molecule has 0 bridgehead atoms. The lowest BCUT2D eigenvalue weighted by atomic mass is 9.94. The van der Waals surface area contributed by atoms with Gasteiger partial charge in [0.05, 0.1) is 6.54 Å². The zero-order chi connectivity index (χ0) is 14.4. The molecule has 0 aliphatic heterocycles. The molecule has 19 heavy (non-hydrogen) atoms. The predicted molar refractivity (Wildman–Crippen MR) is 81.8 cm³/mol. The zero-order valence-corrected chi connectivity index (χ0v) is 12.7. The molecule has 0 aliphatic rings. The van der Waals surface area contributed by atoms with Crippen LogP contribution in [0, 0.1) is 0 Å². The SMILES string of the molecule is CCNCC(=O)Nc1ccc(C(C)C)cc1C(C)C. The molecule has 0 aliphatic carbocycles. The number of amides is 1. The molecule has 0 heterocycles. The third-order valence-corrected chi connectivity index (χ3v) is 3.17. The van der Waals surface area contributed by atoms with Gasteiger partial charge in [-0.1, -0.05) is 46.8 Å². The first-order valence-corrected chi connectivity index (χ1v) is 7.10. The van der Waals surface area contributed by atoms with Gasteiger partial charge in [0, 0.05) is 5.69 Å². The van der Waals surface area contributed by atoms with Gasteiger partial charge in [-0.3, -0.25) is 4.79 Å². The fourth-order valence-electron chi connectivity index (χ4n) is 1.96. The highest BCUT2D eigenvalue weighted by atomic mass is 16.1. The van der Waals surface area contributed by atoms with Gasteiger partial charge < -0.3 is 10.6 Å². The van der Waals surface area contributed by atoms with E-state index in [-0.39, 0.29) is 5.91 Å². The Kier molecular flexibility index (Phi) is 6.03. The summed E-state index contributed by atoms with van der Waals surface area (Å²) in [6.07, 6.45) is 0. The van der Waals surface area contributed by atoms with E-state index < -0.39 is 0 Å². The van der Waals surface area contributed by atoms with Crippen molar-refractivity contribution >= 4 is 11.6 Å². The molecule has 3 heteroatoms. The Labute approximate surface area is 116 Å². The van der Waals surface area contributed by atoms with Gasteiger partial charge in [-0.05, 0) is 35.6 Å². The van der Waals surface area contributed by atoms with Crippen LogP contribution in [0.2, 0.25) is 0 Å². The number of carbonyl (C=O) groups is 1. The third-order valence-electron chi connectivity index (χ3n) is 3.17. The molecule has 2 N–H and O–H groups in total. The minimum absolute atomic E-state index is 0.0149. The zero-order valence-electron chi connectivity index (χ0n) is 12.7. The summed E-state index contributed by atoms with van der Waals surface area (Å²) in [5.41, 5.74) is 3.45. The summed E-state index contributed by atoms with van der Waals surface area (Å²) < 4.78 is 0. The minimum Gasteiger partial charge on any atom is -0.325 e. The van der Waals surface area contributed by atoms with E-state index in [1.165, 1.54) is 11.1 Å². The predicted octanol–water partition coefficient (Wildman–Crippen LogP) is 3.48. The number of nitrogens with one attached hydrogen (secondary N) is 2. The molecular weight excluding hydrogens is 236 g/mol. The average molecular weight is 262 g/mol. The maximum Gasteiger partial charge on any atom is 0.238 e. The lowest BCUT2D eigenvalue weighted by Crippen LogP contribution is -2.28. The summed E-state index contributed by atoms with van der Waals surface area (Å²) >= 11 is 0. The highest BCUT2D eigenvalue weighted by molar-refractivity contribution is 5.93. The smallest absolute Gasteiger partial charge is 0.238 e. The van der Waals surface area contributed by atoms with E-state index in [0.717, 1.165) is 12.2 Å². The highest BCUT2D eigenvalue weighted by Crippen LogP contribution is 2.28. The number of carbonyl (C=O) groups excluding carboxylic acids is 1. The van der Waals surface area contributed by atoms with Crippen molar-refractivity contribution in [1.82, 2.24) is 5.32 Å². The molecule has 0 saturated carbocycles. The molecule has 106 valence electrons. The van der Waals surface area contributed by atoms with E-state index in [2.05, 4.69) is 50.5 Å². The summed E-state index contributed by atoms with van der Waals surface area (Å²) in [5.74, 6) is 0.915. The van der Waals surface area contributed by atoms with Crippen molar-refractivity contribution in [3.05, 3.63) is 29.3 Å². The molecule has 0 aromatic heterocycles. The molecule has 3 nitrogen and oxygen atoms in total. The van der Waals surface area contributed by atoms with Crippen LogP contribution in [0.1, 0.15) is 57.6 Å². The van der Waals surface area contributed by atoms with Crippen molar-refractivity contribution in [3.8, 4) is 0 Å². The summed E-state index contributed by atoms with van der Waals surface area (Å²) in [5, 5.41) is 6.03. The second kappa shape index (κ2) is 7.29. The Morgan fingerprint density at radius 3 is 2.37 bits per heavy atom. The maximum absolute atomic E-state index is 11.8. The Balaban J connectivity index is 2.91. The molecule has 0 atom stereocenters. The molecule has 0 fully saturated rings. The summed E-state index contributed by atoms with van der Waals surface area (Å²) in [7, 11) is 0. The first-order valence-electron chi connectivity index (χ1n) is 7.10. The first-order chi connectivity index (χ1) is 8.95. The minimum atomic E-state index is 0.0149. The van der Waals surface area contributed by atoms with Crippen LogP contribution >= 0.6 is 0 Å². The maximum atomic E-state index is 11.8. The molecule has 0 unspecified atom stereocenters. The topological polar surface area (TPSA) is 41.1 Å². The standard InChI is InChI=1S/C16H26N2O/c1-6-17-10-16(19)18-15-8-7-13(11(2)3)9-14(15)12(4)5/h7-9,11-12,17H,6,10H2,1-5H3,(H,18,19). The van der Waals surface area contributed by atoms with Gasteiger partial charge in [-0.15, -0.1) is 0 Å². The fraction of sp³-hybridized carbons (Fsp3) is 0.562. The number of hydrogen-bond donors (Lipinski definition) is 2. The summed E-state index contributed by atoms with van der Waals surface area (Å²) in [4.78, 5) is 11.8. The number of anilines is 1. The molecule has 1 rings (SSSR count). The van der Waals surface area contributed by atoms with E-state index in [1.54, 1.807) is 0 Å². The van der Waals surface area contributed by atoms with E-state index in [4.69, 9.17) is 0 Å². The van der Waals surface area contributed by atoms with Gasteiger partial charge in [0.1, 0.15) is 0 Å². The summed E-state index contributed by atoms with van der Waals surface area (Å²) in [6, 6.07) is 6.33. The highest BCUT2D eigenvalue weighted by Gasteiger charge is 2.11. The Morgan fingerprint density at radius 2 is 1.84 bits per heavy atom. The van der Waals surface area contributed by atoms with Gasteiger partial charge in [-0.2, -0.15) is 0 Å². The van der Waals surface area contributed by atoms with Gasteiger partial charge in [0.15, 0.2) is 0 Å². The van der Waals surface area contributed by atoms with Gasteiger partial charge >= 0.3 is 0 Å². The Morgan fingerprint density at radius 1 is 1.16 bits per heavy atom. The Bertz CT molecular complexity index is 425. The fourth-order valence-corrected chi connectivity index (χ4v) is 1.96. The van der Waals surface area contributed by atoms with E-state index in [9.17, 15) is 4.79 Å². The first kappa shape index (κ1) is 15.7. The molecule has 0 saturated heterocycles. The van der Waals surface area contributed by atoms with Crippen molar-refractivity contribution in [2.75, 3.05) is 18.4 Å². The van der Waals surface area contributed by atoms with E-state index in [0.29, 0.717) is 18.4 Å². The molecule has 1 aromatic carbocycles. The van der Waals surface area contributed by atoms with Gasteiger partial charge in [0.25, 0.3) is 0 Å². The van der Waals surface area contributed by atoms with Crippen LogP contribution in [-0.2, 0) is 4.79 Å². The largest absolute Gasteiger partial charge is 0.325 e. The molecule has 1 amide bonds. The van der Waals surface area contributed by atoms with Crippen LogP contribution in [0.4, 0.5) is 5.69 Å². The van der Waals surface area contributed by atoms with Crippen LogP contribution in [0.3, 0.4) is 0 Å². The number of rotatable bonds is 6. The summed E-state index contributed by atoms with van der Waals surface area (Å²) in [6.45, 7) is 11.8. The number of benzene rings is 1. The van der Waals surface area contributed by atoms with Crippen LogP contribution < -0.4 is 10.6 Å². The second-order valence-corrected chi connectivity index (χ2v) is 5.48. The monoisotopic (exact) mass is 262 g/mol. The van der Waals surface area contributed by atoms with Crippen molar-refractivity contribution in [2.24, 2.45) is 0 Å². The van der Waals surface area contributed by atoms with Crippen LogP contribution in [0.15, 0.2) is 18.2 Å². The third kappa shape index (κ3) is 4.67. The van der Waals surface area contributed by atoms with Crippen LogP contribution in [0.25, 0.3) is 0 Å². The normalized spacial score (nSPS) is 11.1. The molecule has 1 aromatic rings. The molecular formula is C16H26N2O.